The minimum Gasteiger partial charge on any atom is -0.382 e. The van der Waals surface area contributed by atoms with E-state index in [4.69, 9.17) is 5.73 Å². The number of nitrogen functional groups attached to an aromatic ring is 1. The van der Waals surface area contributed by atoms with Crippen LogP contribution < -0.4 is 16.4 Å². The van der Waals surface area contributed by atoms with Gasteiger partial charge in [-0.25, -0.2) is 4.98 Å². The van der Waals surface area contributed by atoms with Gasteiger partial charge in [-0.2, -0.15) is 0 Å². The van der Waals surface area contributed by atoms with Gasteiger partial charge in [0.2, 0.25) is 0 Å². The molecule has 4 N–H and O–H groups in total. The fourth-order valence-electron chi connectivity index (χ4n) is 1.70. The van der Waals surface area contributed by atoms with Crippen LogP contribution in [0.5, 0.6) is 0 Å². The second-order valence-corrected chi connectivity index (χ2v) is 6.77. The Hall–Kier alpha value is -1.34. The van der Waals surface area contributed by atoms with Gasteiger partial charge in [0.05, 0.1) is 0 Å². The zero-order valence-electron chi connectivity index (χ0n) is 13.4. The van der Waals surface area contributed by atoms with Crippen molar-refractivity contribution in [3.63, 3.8) is 0 Å². The summed E-state index contributed by atoms with van der Waals surface area (Å²) in [6, 6.07) is 0. The van der Waals surface area contributed by atoms with Gasteiger partial charge < -0.3 is 21.3 Å². The number of unbranched alkanes of at least 4 members (excludes halogenated alkanes) is 1. The first kappa shape index (κ1) is 17.7. The zero-order chi connectivity index (χ0) is 15.8. The van der Waals surface area contributed by atoms with E-state index in [0.29, 0.717) is 28.3 Å². The van der Waals surface area contributed by atoms with Crippen LogP contribution in [0.2, 0.25) is 0 Å². The molecule has 0 aromatic carbocycles. The van der Waals surface area contributed by atoms with Crippen LogP contribution >= 0.6 is 11.3 Å². The molecule has 0 aliphatic carbocycles. The van der Waals surface area contributed by atoms with Crippen LogP contribution in [-0.2, 0) is 0 Å². The van der Waals surface area contributed by atoms with Crippen LogP contribution in [0.1, 0.15) is 36.4 Å². The minimum atomic E-state index is -0.132. The first-order valence-corrected chi connectivity index (χ1v) is 8.15. The Balaban J connectivity index is 2.39. The molecule has 0 bridgehead atoms. The Morgan fingerprint density at radius 1 is 1.38 bits per heavy atom. The van der Waals surface area contributed by atoms with Crippen molar-refractivity contribution in [3.8, 4) is 0 Å². The third-order valence-corrected chi connectivity index (χ3v) is 3.87. The number of nitrogens with two attached hydrogens (primary N) is 1. The highest BCUT2D eigenvalue weighted by molar-refractivity contribution is 7.18. The fraction of sp³-hybridized carbons (Fsp3) is 0.714. The monoisotopic (exact) mass is 313 g/mol. The summed E-state index contributed by atoms with van der Waals surface area (Å²) in [4.78, 5) is 18.9. The molecule has 0 spiro atoms. The van der Waals surface area contributed by atoms with Crippen LogP contribution in [0.4, 0.5) is 10.9 Å². The molecule has 0 radical (unpaired) electrons. The van der Waals surface area contributed by atoms with Crippen LogP contribution in [-0.4, -0.2) is 49.5 Å². The van der Waals surface area contributed by atoms with Crippen LogP contribution in [0.3, 0.4) is 0 Å². The second-order valence-electron chi connectivity index (χ2n) is 5.77. The molecule has 120 valence electrons. The summed E-state index contributed by atoms with van der Waals surface area (Å²) in [6.45, 7) is 6.75. The van der Waals surface area contributed by atoms with Crippen molar-refractivity contribution in [1.82, 2.24) is 15.2 Å². The number of nitrogens with zero attached hydrogens (tertiary/aromatic N) is 2. The van der Waals surface area contributed by atoms with Crippen molar-refractivity contribution in [2.24, 2.45) is 5.92 Å². The number of thiazole rings is 1. The van der Waals surface area contributed by atoms with E-state index in [1.807, 2.05) is 14.1 Å². The van der Waals surface area contributed by atoms with Crippen molar-refractivity contribution in [2.45, 2.75) is 26.7 Å². The lowest BCUT2D eigenvalue weighted by atomic mass is 10.2. The number of amides is 1. The van der Waals surface area contributed by atoms with Crippen molar-refractivity contribution in [1.29, 1.82) is 0 Å². The molecular weight excluding hydrogens is 286 g/mol. The number of hydrogen-bond acceptors (Lipinski definition) is 6. The van der Waals surface area contributed by atoms with Gasteiger partial charge in [-0.15, -0.1) is 0 Å². The quantitative estimate of drug-likeness (QED) is 0.606. The van der Waals surface area contributed by atoms with E-state index in [-0.39, 0.29) is 5.91 Å². The third kappa shape index (κ3) is 6.77. The summed E-state index contributed by atoms with van der Waals surface area (Å²) in [5, 5.41) is 6.80. The average molecular weight is 313 g/mol. The molecule has 1 aromatic heterocycles. The predicted octanol–water partition coefficient (Wildman–Crippen LogP) is 1.86. The first-order chi connectivity index (χ1) is 9.90. The Bertz CT molecular complexity index is 445. The lowest BCUT2D eigenvalue weighted by molar-refractivity contribution is 0.0957. The second kappa shape index (κ2) is 8.84. The third-order valence-electron chi connectivity index (χ3n) is 2.84. The highest BCUT2D eigenvalue weighted by Crippen LogP contribution is 2.24. The molecule has 0 saturated heterocycles. The molecule has 1 heterocycles. The Morgan fingerprint density at radius 2 is 2.10 bits per heavy atom. The van der Waals surface area contributed by atoms with Gasteiger partial charge in [0.1, 0.15) is 10.7 Å². The topological polar surface area (TPSA) is 83.3 Å². The number of rotatable bonds is 9. The maximum atomic E-state index is 12.1. The van der Waals surface area contributed by atoms with Gasteiger partial charge in [-0.1, -0.05) is 25.2 Å². The molecule has 0 aliphatic rings. The Morgan fingerprint density at radius 3 is 2.71 bits per heavy atom. The maximum Gasteiger partial charge on any atom is 0.265 e. The van der Waals surface area contributed by atoms with E-state index in [2.05, 4.69) is 34.4 Å². The summed E-state index contributed by atoms with van der Waals surface area (Å²) in [5.74, 6) is 0.689. The van der Waals surface area contributed by atoms with Gasteiger partial charge in [-0.05, 0) is 39.4 Å². The molecule has 0 fully saturated rings. The van der Waals surface area contributed by atoms with Gasteiger partial charge in [0, 0.05) is 13.1 Å². The highest BCUT2D eigenvalue weighted by Gasteiger charge is 2.15. The van der Waals surface area contributed by atoms with Gasteiger partial charge in [-0.3, -0.25) is 4.79 Å². The molecule has 21 heavy (non-hydrogen) atoms. The number of carbonyl (C=O) groups is 1. The fourth-order valence-corrected chi connectivity index (χ4v) is 2.50. The Labute approximate surface area is 131 Å². The lowest BCUT2D eigenvalue weighted by Crippen LogP contribution is -2.25. The SMILES string of the molecule is CC(C)CNc1nc(N)c(C(=O)NCCCCN(C)C)s1. The minimum absolute atomic E-state index is 0.132. The molecular formula is C14H27N5OS. The summed E-state index contributed by atoms with van der Waals surface area (Å²) in [6.07, 6.45) is 2.02. The normalized spacial score (nSPS) is 11.1. The highest BCUT2D eigenvalue weighted by atomic mass is 32.1. The van der Waals surface area contributed by atoms with E-state index in [0.717, 1.165) is 25.9 Å². The number of aromatic nitrogens is 1. The summed E-state index contributed by atoms with van der Waals surface area (Å²) < 4.78 is 0. The number of nitrogens with one attached hydrogen (secondary N) is 2. The largest absolute Gasteiger partial charge is 0.382 e. The molecule has 0 unspecified atom stereocenters. The van der Waals surface area contributed by atoms with Gasteiger partial charge in [0.25, 0.3) is 5.91 Å². The predicted molar refractivity (Wildman–Crippen MR) is 90.0 cm³/mol. The Kier molecular flexibility index (Phi) is 7.45. The standard InChI is InChI=1S/C14H27N5OS/c1-10(2)9-17-14-18-12(15)11(21-14)13(20)16-7-5-6-8-19(3)4/h10H,5-9,15H2,1-4H3,(H,16,20)(H,17,18). The number of anilines is 2. The van der Waals surface area contributed by atoms with E-state index >= 15 is 0 Å². The summed E-state index contributed by atoms with van der Waals surface area (Å²) in [7, 11) is 4.09. The number of carbonyl (C=O) groups excluding carboxylic acids is 1. The first-order valence-electron chi connectivity index (χ1n) is 7.33. The molecule has 0 saturated carbocycles. The average Bonchev–Trinajstić information content (AvgIpc) is 2.76. The summed E-state index contributed by atoms with van der Waals surface area (Å²) in [5.41, 5.74) is 5.81. The molecule has 1 amide bonds. The van der Waals surface area contributed by atoms with Crippen LogP contribution in [0.15, 0.2) is 0 Å². The summed E-state index contributed by atoms with van der Waals surface area (Å²) >= 11 is 1.31. The molecule has 0 aliphatic heterocycles. The zero-order valence-corrected chi connectivity index (χ0v) is 14.2. The molecule has 6 nitrogen and oxygen atoms in total. The van der Waals surface area contributed by atoms with Crippen molar-refractivity contribution in [3.05, 3.63) is 4.88 Å². The molecule has 1 rings (SSSR count). The van der Waals surface area contributed by atoms with Crippen LogP contribution in [0.25, 0.3) is 0 Å². The van der Waals surface area contributed by atoms with Gasteiger partial charge >= 0.3 is 0 Å². The maximum absolute atomic E-state index is 12.1. The van der Waals surface area contributed by atoms with E-state index in [9.17, 15) is 4.79 Å². The van der Waals surface area contributed by atoms with Crippen molar-refractivity contribution < 1.29 is 4.79 Å². The van der Waals surface area contributed by atoms with Crippen molar-refractivity contribution in [2.75, 3.05) is 44.8 Å². The van der Waals surface area contributed by atoms with E-state index in [1.165, 1.54) is 11.3 Å². The van der Waals surface area contributed by atoms with Crippen LogP contribution in [0, 0.1) is 5.92 Å². The number of hydrogen-bond donors (Lipinski definition) is 3. The molecule has 0 atom stereocenters. The molecule has 7 heteroatoms. The van der Waals surface area contributed by atoms with E-state index < -0.39 is 0 Å². The van der Waals surface area contributed by atoms with E-state index in [1.54, 1.807) is 0 Å². The lowest BCUT2D eigenvalue weighted by Gasteiger charge is -2.09. The smallest absolute Gasteiger partial charge is 0.265 e. The van der Waals surface area contributed by atoms with Crippen molar-refractivity contribution >= 4 is 28.2 Å². The van der Waals surface area contributed by atoms with Gasteiger partial charge in [0.15, 0.2) is 5.13 Å². The molecule has 1 aromatic rings.